The van der Waals surface area contributed by atoms with Gasteiger partial charge >= 0.3 is 0 Å². The molecule has 0 bridgehead atoms. The van der Waals surface area contributed by atoms with E-state index in [-0.39, 0.29) is 6.04 Å². The molecule has 0 amide bonds. The maximum atomic E-state index is 5.81. The van der Waals surface area contributed by atoms with Gasteiger partial charge in [-0.3, -0.25) is 11.3 Å². The van der Waals surface area contributed by atoms with Gasteiger partial charge in [-0.2, -0.15) is 0 Å². The Hall–Kier alpha value is -0.900. The van der Waals surface area contributed by atoms with E-state index < -0.39 is 0 Å². The Balaban J connectivity index is 2.29. The minimum Gasteiger partial charge on any atom is -0.271 e. The summed E-state index contributed by atoms with van der Waals surface area (Å²) in [5.41, 5.74) is 4.64. The molecule has 2 unspecified atom stereocenters. The smallest absolute Gasteiger partial charge is 0.0476 e. The summed E-state index contributed by atoms with van der Waals surface area (Å²) in [6.45, 7) is 9.17. The lowest BCUT2D eigenvalue weighted by atomic mass is 9.77. The number of thiophene rings is 1. The normalized spacial score (nSPS) is 15.6. The maximum absolute atomic E-state index is 5.81. The molecule has 0 aliphatic rings. The van der Waals surface area contributed by atoms with E-state index in [1.165, 1.54) is 15.6 Å². The van der Waals surface area contributed by atoms with E-state index in [0.29, 0.717) is 11.3 Å². The first-order valence-corrected chi connectivity index (χ1v) is 7.73. The van der Waals surface area contributed by atoms with Gasteiger partial charge in [-0.25, -0.2) is 0 Å². The maximum Gasteiger partial charge on any atom is 0.0476 e. The van der Waals surface area contributed by atoms with E-state index >= 15 is 0 Å². The SMILES string of the molecule is CC(CC(NN)c1cccc2ccsc12)C(C)(C)C. The monoisotopic (exact) mass is 276 g/mol. The van der Waals surface area contributed by atoms with Crippen molar-refractivity contribution in [3.8, 4) is 0 Å². The van der Waals surface area contributed by atoms with Crippen LogP contribution in [-0.4, -0.2) is 0 Å². The van der Waals surface area contributed by atoms with Crippen molar-refractivity contribution in [3.05, 3.63) is 35.2 Å². The van der Waals surface area contributed by atoms with Crippen molar-refractivity contribution in [2.24, 2.45) is 17.2 Å². The first-order chi connectivity index (χ1) is 8.93. The fourth-order valence-electron chi connectivity index (χ4n) is 2.28. The van der Waals surface area contributed by atoms with Crippen molar-refractivity contribution < 1.29 is 0 Å². The molecule has 0 spiro atoms. The van der Waals surface area contributed by atoms with Crippen molar-refractivity contribution in [3.63, 3.8) is 0 Å². The lowest BCUT2D eigenvalue weighted by Gasteiger charge is -2.31. The molecular formula is C16H24N2S. The standard InChI is InChI=1S/C16H24N2S/c1-11(16(2,3)4)10-14(18-17)13-7-5-6-12-8-9-19-15(12)13/h5-9,11,14,18H,10,17H2,1-4H3. The summed E-state index contributed by atoms with van der Waals surface area (Å²) in [5, 5.41) is 3.46. The van der Waals surface area contributed by atoms with E-state index in [1.54, 1.807) is 11.3 Å². The van der Waals surface area contributed by atoms with E-state index in [2.05, 4.69) is 62.8 Å². The van der Waals surface area contributed by atoms with E-state index in [0.717, 1.165) is 6.42 Å². The largest absolute Gasteiger partial charge is 0.271 e. The second kappa shape index (κ2) is 5.61. The highest BCUT2D eigenvalue weighted by Crippen LogP contribution is 2.36. The fourth-order valence-corrected chi connectivity index (χ4v) is 3.25. The number of hydrazine groups is 1. The predicted molar refractivity (Wildman–Crippen MR) is 85.1 cm³/mol. The average molecular weight is 276 g/mol. The average Bonchev–Trinajstić information content (AvgIpc) is 2.82. The van der Waals surface area contributed by atoms with Crippen LogP contribution in [0.4, 0.5) is 0 Å². The van der Waals surface area contributed by atoms with Crippen molar-refractivity contribution in [2.75, 3.05) is 0 Å². The third kappa shape index (κ3) is 3.16. The van der Waals surface area contributed by atoms with Crippen molar-refractivity contribution in [1.82, 2.24) is 5.43 Å². The molecular weight excluding hydrogens is 252 g/mol. The number of nitrogens with one attached hydrogen (secondary N) is 1. The summed E-state index contributed by atoms with van der Waals surface area (Å²) in [6, 6.07) is 8.87. The van der Waals surface area contributed by atoms with E-state index in [9.17, 15) is 0 Å². The van der Waals surface area contributed by atoms with Crippen LogP contribution < -0.4 is 11.3 Å². The van der Waals surface area contributed by atoms with E-state index in [1.807, 2.05) is 0 Å². The Labute approximate surface area is 120 Å². The highest BCUT2D eigenvalue weighted by atomic mass is 32.1. The van der Waals surface area contributed by atoms with Gasteiger partial charge in [0, 0.05) is 10.7 Å². The van der Waals surface area contributed by atoms with Gasteiger partial charge in [-0.05, 0) is 40.1 Å². The van der Waals surface area contributed by atoms with Gasteiger partial charge in [0.1, 0.15) is 0 Å². The Bertz CT molecular complexity index is 539. The molecule has 19 heavy (non-hydrogen) atoms. The molecule has 104 valence electrons. The van der Waals surface area contributed by atoms with Crippen LogP contribution in [0.25, 0.3) is 10.1 Å². The number of benzene rings is 1. The number of nitrogens with two attached hydrogens (primary N) is 1. The van der Waals surface area contributed by atoms with Crippen molar-refractivity contribution in [2.45, 2.75) is 40.2 Å². The molecule has 3 heteroatoms. The minimum atomic E-state index is 0.219. The summed E-state index contributed by atoms with van der Waals surface area (Å²) in [7, 11) is 0. The van der Waals surface area contributed by atoms with Crippen LogP contribution in [0.3, 0.4) is 0 Å². The molecule has 1 aromatic heterocycles. The number of rotatable bonds is 4. The third-order valence-electron chi connectivity index (χ3n) is 4.15. The second-order valence-corrected chi connectivity index (χ2v) is 7.32. The summed E-state index contributed by atoms with van der Waals surface area (Å²) in [6.07, 6.45) is 1.05. The number of hydrogen-bond donors (Lipinski definition) is 2. The summed E-state index contributed by atoms with van der Waals surface area (Å²) >= 11 is 1.80. The van der Waals surface area contributed by atoms with Gasteiger partial charge in [0.05, 0.1) is 0 Å². The van der Waals surface area contributed by atoms with Gasteiger partial charge in [0.25, 0.3) is 0 Å². The zero-order valence-corrected chi connectivity index (χ0v) is 13.1. The molecule has 0 saturated carbocycles. The molecule has 0 radical (unpaired) electrons. The van der Waals surface area contributed by atoms with Crippen LogP contribution in [0.5, 0.6) is 0 Å². The number of fused-ring (bicyclic) bond motifs is 1. The first kappa shape index (κ1) is 14.5. The van der Waals surface area contributed by atoms with Gasteiger partial charge in [-0.1, -0.05) is 45.9 Å². The topological polar surface area (TPSA) is 38.0 Å². The minimum absolute atomic E-state index is 0.219. The van der Waals surface area contributed by atoms with Crippen molar-refractivity contribution >= 4 is 21.4 Å². The molecule has 0 saturated heterocycles. The molecule has 2 atom stereocenters. The van der Waals surface area contributed by atoms with E-state index in [4.69, 9.17) is 5.84 Å². The highest BCUT2D eigenvalue weighted by molar-refractivity contribution is 7.17. The molecule has 2 rings (SSSR count). The second-order valence-electron chi connectivity index (χ2n) is 6.41. The molecule has 0 fully saturated rings. The zero-order chi connectivity index (χ0) is 14.0. The fraction of sp³-hybridized carbons (Fsp3) is 0.500. The van der Waals surface area contributed by atoms with Gasteiger partial charge in [-0.15, -0.1) is 11.3 Å². The summed E-state index contributed by atoms with van der Waals surface area (Å²) in [5.74, 6) is 6.41. The third-order valence-corrected chi connectivity index (χ3v) is 5.13. The highest BCUT2D eigenvalue weighted by Gasteiger charge is 2.24. The summed E-state index contributed by atoms with van der Waals surface area (Å²) in [4.78, 5) is 0. The lowest BCUT2D eigenvalue weighted by Crippen LogP contribution is -2.32. The number of hydrogen-bond acceptors (Lipinski definition) is 3. The van der Waals surface area contributed by atoms with Gasteiger partial charge in [0.15, 0.2) is 0 Å². The molecule has 2 nitrogen and oxygen atoms in total. The van der Waals surface area contributed by atoms with Crippen LogP contribution in [0.15, 0.2) is 29.6 Å². The Morgan fingerprint density at radius 1 is 1.26 bits per heavy atom. The molecule has 0 aliphatic carbocycles. The van der Waals surface area contributed by atoms with Crippen LogP contribution in [0, 0.1) is 11.3 Å². The van der Waals surface area contributed by atoms with Crippen LogP contribution in [-0.2, 0) is 0 Å². The Morgan fingerprint density at radius 3 is 2.63 bits per heavy atom. The van der Waals surface area contributed by atoms with Crippen molar-refractivity contribution in [1.29, 1.82) is 0 Å². The molecule has 1 aromatic carbocycles. The summed E-state index contributed by atoms with van der Waals surface area (Å²) < 4.78 is 1.35. The van der Waals surface area contributed by atoms with Crippen LogP contribution >= 0.6 is 11.3 Å². The zero-order valence-electron chi connectivity index (χ0n) is 12.2. The first-order valence-electron chi connectivity index (χ1n) is 6.85. The Morgan fingerprint density at radius 2 is 2.00 bits per heavy atom. The molecule has 3 N–H and O–H groups in total. The molecule has 2 aromatic rings. The Kier molecular flexibility index (Phi) is 4.29. The van der Waals surface area contributed by atoms with Crippen LogP contribution in [0.1, 0.15) is 45.7 Å². The lowest BCUT2D eigenvalue weighted by molar-refractivity contribution is 0.224. The molecule has 0 aliphatic heterocycles. The van der Waals surface area contributed by atoms with Crippen LogP contribution in [0.2, 0.25) is 0 Å². The quantitative estimate of drug-likeness (QED) is 0.638. The van der Waals surface area contributed by atoms with Gasteiger partial charge in [0.2, 0.25) is 0 Å². The van der Waals surface area contributed by atoms with Gasteiger partial charge < -0.3 is 0 Å². The molecule has 1 heterocycles. The predicted octanol–water partition coefficient (Wildman–Crippen LogP) is 4.48.